The SMILES string of the molecule is Cc1cnccc1C(=O)NCC1CCN(C(=O)O)CC1. The van der Waals surface area contributed by atoms with Gasteiger partial charge in [-0.15, -0.1) is 0 Å². The van der Waals surface area contributed by atoms with Gasteiger partial charge < -0.3 is 15.3 Å². The molecule has 0 aromatic carbocycles. The number of amides is 2. The third-order valence-corrected chi connectivity index (χ3v) is 3.70. The molecule has 2 amide bonds. The first-order valence-corrected chi connectivity index (χ1v) is 6.74. The Morgan fingerprint density at radius 3 is 2.75 bits per heavy atom. The summed E-state index contributed by atoms with van der Waals surface area (Å²) in [5.74, 6) is 0.252. The van der Waals surface area contributed by atoms with Crippen molar-refractivity contribution in [1.29, 1.82) is 0 Å². The van der Waals surface area contributed by atoms with E-state index in [9.17, 15) is 9.59 Å². The van der Waals surface area contributed by atoms with Gasteiger partial charge in [-0.1, -0.05) is 0 Å². The van der Waals surface area contributed by atoms with Gasteiger partial charge in [-0.25, -0.2) is 4.79 Å². The molecule has 2 N–H and O–H groups in total. The summed E-state index contributed by atoms with van der Waals surface area (Å²) in [6.07, 6.45) is 4.00. The van der Waals surface area contributed by atoms with Crippen LogP contribution in [0.1, 0.15) is 28.8 Å². The van der Waals surface area contributed by atoms with Crippen molar-refractivity contribution in [2.24, 2.45) is 5.92 Å². The maximum atomic E-state index is 12.0. The van der Waals surface area contributed by atoms with Gasteiger partial charge in [0.25, 0.3) is 5.91 Å². The number of nitrogens with one attached hydrogen (secondary N) is 1. The number of hydrogen-bond acceptors (Lipinski definition) is 3. The van der Waals surface area contributed by atoms with E-state index in [0.29, 0.717) is 31.1 Å². The Labute approximate surface area is 117 Å². The molecule has 1 saturated heterocycles. The number of aryl methyl sites for hydroxylation is 1. The van der Waals surface area contributed by atoms with Crippen molar-refractivity contribution in [2.75, 3.05) is 19.6 Å². The Kier molecular flexibility index (Phi) is 4.55. The lowest BCUT2D eigenvalue weighted by Gasteiger charge is -2.30. The van der Waals surface area contributed by atoms with E-state index in [1.165, 1.54) is 4.90 Å². The molecule has 1 aliphatic rings. The number of pyridine rings is 1. The number of aromatic nitrogens is 1. The van der Waals surface area contributed by atoms with E-state index in [2.05, 4.69) is 10.3 Å². The minimum atomic E-state index is -0.861. The number of piperidine rings is 1. The topological polar surface area (TPSA) is 82.5 Å². The van der Waals surface area contributed by atoms with E-state index in [1.54, 1.807) is 18.5 Å². The Bertz CT molecular complexity index is 496. The second-order valence-electron chi connectivity index (χ2n) is 5.11. The number of likely N-dealkylation sites (tertiary alicyclic amines) is 1. The number of hydrogen-bond donors (Lipinski definition) is 2. The van der Waals surface area contributed by atoms with Crippen LogP contribution < -0.4 is 5.32 Å². The highest BCUT2D eigenvalue weighted by atomic mass is 16.4. The summed E-state index contributed by atoms with van der Waals surface area (Å²) in [4.78, 5) is 28.2. The molecule has 0 bridgehead atoms. The van der Waals surface area contributed by atoms with Gasteiger partial charge in [0, 0.05) is 37.6 Å². The molecule has 0 aliphatic carbocycles. The van der Waals surface area contributed by atoms with Crippen LogP contribution in [0.4, 0.5) is 4.79 Å². The quantitative estimate of drug-likeness (QED) is 0.877. The first-order chi connectivity index (χ1) is 9.58. The first kappa shape index (κ1) is 14.3. The predicted molar refractivity (Wildman–Crippen MR) is 73.6 cm³/mol. The second-order valence-corrected chi connectivity index (χ2v) is 5.11. The van der Waals surface area contributed by atoms with Gasteiger partial charge in [0.15, 0.2) is 0 Å². The first-order valence-electron chi connectivity index (χ1n) is 6.74. The Balaban J connectivity index is 1.80. The van der Waals surface area contributed by atoms with Crippen LogP contribution in [0.15, 0.2) is 18.5 Å². The summed E-state index contributed by atoms with van der Waals surface area (Å²) >= 11 is 0. The van der Waals surface area contributed by atoms with Gasteiger partial charge in [-0.05, 0) is 37.3 Å². The molecular weight excluding hydrogens is 258 g/mol. The molecular formula is C14H19N3O3. The lowest BCUT2D eigenvalue weighted by atomic mass is 9.97. The van der Waals surface area contributed by atoms with Crippen molar-refractivity contribution < 1.29 is 14.7 Å². The van der Waals surface area contributed by atoms with Crippen LogP contribution in [0.5, 0.6) is 0 Å². The van der Waals surface area contributed by atoms with Crippen molar-refractivity contribution >= 4 is 12.0 Å². The molecule has 0 unspecified atom stereocenters. The van der Waals surface area contributed by atoms with Crippen molar-refractivity contribution in [3.63, 3.8) is 0 Å². The third-order valence-electron chi connectivity index (χ3n) is 3.70. The highest BCUT2D eigenvalue weighted by Crippen LogP contribution is 2.16. The Hall–Kier alpha value is -2.11. The fraction of sp³-hybridized carbons (Fsp3) is 0.500. The zero-order chi connectivity index (χ0) is 14.5. The summed E-state index contributed by atoms with van der Waals surface area (Å²) < 4.78 is 0. The smallest absolute Gasteiger partial charge is 0.407 e. The lowest BCUT2D eigenvalue weighted by Crippen LogP contribution is -2.41. The van der Waals surface area contributed by atoms with E-state index in [0.717, 1.165) is 18.4 Å². The zero-order valence-corrected chi connectivity index (χ0v) is 11.5. The van der Waals surface area contributed by atoms with E-state index >= 15 is 0 Å². The average molecular weight is 277 g/mol. The molecule has 1 aromatic heterocycles. The molecule has 0 atom stereocenters. The van der Waals surface area contributed by atoms with Crippen LogP contribution in [0, 0.1) is 12.8 Å². The summed E-state index contributed by atoms with van der Waals surface area (Å²) in [5, 5.41) is 11.8. The van der Waals surface area contributed by atoms with Crippen LogP contribution in [0.25, 0.3) is 0 Å². The molecule has 0 spiro atoms. The van der Waals surface area contributed by atoms with Gasteiger partial charge in [-0.2, -0.15) is 0 Å². The van der Waals surface area contributed by atoms with Crippen molar-refractivity contribution in [3.8, 4) is 0 Å². The second kappa shape index (κ2) is 6.36. The van der Waals surface area contributed by atoms with Gasteiger partial charge in [0.2, 0.25) is 0 Å². The maximum Gasteiger partial charge on any atom is 0.407 e. The minimum absolute atomic E-state index is 0.0921. The molecule has 0 radical (unpaired) electrons. The van der Waals surface area contributed by atoms with E-state index in [4.69, 9.17) is 5.11 Å². The van der Waals surface area contributed by atoms with E-state index in [1.807, 2.05) is 6.92 Å². The molecule has 6 nitrogen and oxygen atoms in total. The number of carboxylic acid groups (broad SMARTS) is 1. The monoisotopic (exact) mass is 277 g/mol. The van der Waals surface area contributed by atoms with Gasteiger partial charge >= 0.3 is 6.09 Å². The van der Waals surface area contributed by atoms with Gasteiger partial charge in [0.05, 0.1) is 0 Å². The van der Waals surface area contributed by atoms with Crippen LogP contribution in [0.3, 0.4) is 0 Å². The summed E-state index contributed by atoms with van der Waals surface area (Å²) in [7, 11) is 0. The fourth-order valence-corrected chi connectivity index (χ4v) is 2.39. The average Bonchev–Trinajstić information content (AvgIpc) is 2.45. The van der Waals surface area contributed by atoms with E-state index in [-0.39, 0.29) is 5.91 Å². The summed E-state index contributed by atoms with van der Waals surface area (Å²) in [6, 6.07) is 1.71. The van der Waals surface area contributed by atoms with Crippen molar-refractivity contribution in [3.05, 3.63) is 29.6 Å². The lowest BCUT2D eigenvalue weighted by molar-refractivity contribution is 0.0928. The third kappa shape index (κ3) is 3.46. The molecule has 1 aliphatic heterocycles. The van der Waals surface area contributed by atoms with Crippen LogP contribution in [-0.2, 0) is 0 Å². The summed E-state index contributed by atoms with van der Waals surface area (Å²) in [5.41, 5.74) is 1.49. The van der Waals surface area contributed by atoms with Gasteiger partial charge in [-0.3, -0.25) is 9.78 Å². The van der Waals surface area contributed by atoms with Crippen LogP contribution in [0.2, 0.25) is 0 Å². The number of rotatable bonds is 3. The normalized spacial score (nSPS) is 15.9. The molecule has 2 rings (SSSR count). The predicted octanol–water partition coefficient (Wildman–Crippen LogP) is 1.51. The molecule has 20 heavy (non-hydrogen) atoms. The number of carbonyl (C=O) groups is 2. The van der Waals surface area contributed by atoms with Crippen molar-refractivity contribution in [2.45, 2.75) is 19.8 Å². The van der Waals surface area contributed by atoms with Gasteiger partial charge in [0.1, 0.15) is 0 Å². The minimum Gasteiger partial charge on any atom is -0.465 e. The molecule has 6 heteroatoms. The van der Waals surface area contributed by atoms with Crippen molar-refractivity contribution in [1.82, 2.24) is 15.2 Å². The summed E-state index contributed by atoms with van der Waals surface area (Å²) in [6.45, 7) is 3.54. The number of nitrogens with zero attached hydrogens (tertiary/aromatic N) is 2. The molecule has 1 aromatic rings. The Morgan fingerprint density at radius 2 is 2.15 bits per heavy atom. The molecule has 0 saturated carbocycles. The largest absolute Gasteiger partial charge is 0.465 e. The molecule has 2 heterocycles. The molecule has 108 valence electrons. The van der Waals surface area contributed by atoms with Crippen LogP contribution >= 0.6 is 0 Å². The highest BCUT2D eigenvalue weighted by Gasteiger charge is 2.22. The van der Waals surface area contributed by atoms with E-state index < -0.39 is 6.09 Å². The Morgan fingerprint density at radius 1 is 1.45 bits per heavy atom. The highest BCUT2D eigenvalue weighted by molar-refractivity contribution is 5.95. The number of carbonyl (C=O) groups excluding carboxylic acids is 1. The molecule has 1 fully saturated rings. The fourth-order valence-electron chi connectivity index (χ4n) is 2.39. The zero-order valence-electron chi connectivity index (χ0n) is 11.5. The standard InChI is InChI=1S/C14H19N3O3/c1-10-8-15-5-2-12(10)13(18)16-9-11-3-6-17(7-4-11)14(19)20/h2,5,8,11H,3-4,6-7,9H2,1H3,(H,16,18)(H,19,20). The maximum absolute atomic E-state index is 12.0. The van der Waals surface area contributed by atoms with Crippen LogP contribution in [-0.4, -0.2) is 46.6 Å².